The van der Waals surface area contributed by atoms with Gasteiger partial charge in [-0.25, -0.2) is 0 Å². The van der Waals surface area contributed by atoms with E-state index in [1.165, 1.54) is 5.57 Å². The Labute approximate surface area is 285 Å². The number of carboxylic acid groups (broad SMARTS) is 1. The zero-order valence-electron chi connectivity index (χ0n) is 28.6. The Hall–Kier alpha value is -2.31. The van der Waals surface area contributed by atoms with Gasteiger partial charge < -0.3 is 16.6 Å². The number of fused-ring (bicyclic) bond motifs is 7. The zero-order valence-corrected chi connectivity index (χ0v) is 30.1. The van der Waals surface area contributed by atoms with Gasteiger partial charge in [0.2, 0.25) is 5.96 Å². The number of halogens is 2. The van der Waals surface area contributed by atoms with E-state index in [0.29, 0.717) is 33.7 Å². The van der Waals surface area contributed by atoms with Crippen LogP contribution in [0.1, 0.15) is 105 Å². The van der Waals surface area contributed by atoms with Gasteiger partial charge in [-0.15, -0.1) is 5.10 Å². The van der Waals surface area contributed by atoms with Gasteiger partial charge in [-0.2, -0.15) is 5.10 Å². The van der Waals surface area contributed by atoms with E-state index in [9.17, 15) is 9.90 Å². The van der Waals surface area contributed by atoms with E-state index >= 15 is 0 Å². The SMILES string of the molecule is C[C@H]1[C@H](C)CC[C@]2(C(=O)O)CC[C@]3(C)C(=CC[C@@H]4[C@@]5(C)CC(=C\c6c(Cl)cccc6Cl)/C(=N\N=C(N)N)C(C)(C)[C@@H]5CC[C@]43C)[C@H]12. The van der Waals surface area contributed by atoms with Crippen LogP contribution in [0.15, 0.2) is 45.6 Å². The number of aliphatic carboxylic acids is 1. The maximum Gasteiger partial charge on any atom is 0.310 e. The number of nitrogens with zero attached hydrogens (tertiary/aromatic N) is 2. The summed E-state index contributed by atoms with van der Waals surface area (Å²) in [4.78, 5) is 13.1. The predicted molar refractivity (Wildman–Crippen MR) is 190 cm³/mol. The molecule has 46 heavy (non-hydrogen) atoms. The molecule has 0 spiro atoms. The van der Waals surface area contributed by atoms with Crippen molar-refractivity contribution in [1.82, 2.24) is 0 Å². The predicted octanol–water partition coefficient (Wildman–Crippen LogP) is 9.36. The number of nitrogens with two attached hydrogens (primary N) is 2. The average molecular weight is 668 g/mol. The van der Waals surface area contributed by atoms with Gasteiger partial charge in [0.25, 0.3) is 0 Å². The van der Waals surface area contributed by atoms with Crippen LogP contribution in [-0.2, 0) is 4.79 Å². The van der Waals surface area contributed by atoms with Gasteiger partial charge in [0.1, 0.15) is 0 Å². The second kappa shape index (κ2) is 11.1. The van der Waals surface area contributed by atoms with Crippen molar-refractivity contribution in [2.75, 3.05) is 0 Å². The number of guanidine groups is 1. The van der Waals surface area contributed by atoms with Crippen molar-refractivity contribution in [3.8, 4) is 0 Å². The van der Waals surface area contributed by atoms with Crippen molar-refractivity contribution in [1.29, 1.82) is 0 Å². The fourth-order valence-electron chi connectivity index (χ4n) is 12.0. The molecular formula is C38H52Cl2N4O2. The highest BCUT2D eigenvalue weighted by Gasteiger charge is 2.69. The van der Waals surface area contributed by atoms with Crippen LogP contribution in [0.25, 0.3) is 6.08 Å². The lowest BCUT2D eigenvalue weighted by Crippen LogP contribution is -2.65. The van der Waals surface area contributed by atoms with Crippen LogP contribution < -0.4 is 11.5 Å². The lowest BCUT2D eigenvalue weighted by molar-refractivity contribution is -0.179. The van der Waals surface area contributed by atoms with E-state index < -0.39 is 11.4 Å². The molecule has 0 amide bonds. The van der Waals surface area contributed by atoms with Crippen LogP contribution in [0.5, 0.6) is 0 Å². The van der Waals surface area contributed by atoms with Gasteiger partial charge in [-0.1, -0.05) is 89.4 Å². The Morgan fingerprint density at radius 1 is 0.978 bits per heavy atom. The van der Waals surface area contributed by atoms with Crippen molar-refractivity contribution in [3.63, 3.8) is 0 Å². The molecule has 0 saturated heterocycles. The van der Waals surface area contributed by atoms with E-state index in [2.05, 4.69) is 65.7 Å². The second-order valence-corrected chi connectivity index (χ2v) is 17.6. The Bertz CT molecular complexity index is 1560. The molecule has 0 radical (unpaired) electrons. The molecule has 1 aromatic rings. The van der Waals surface area contributed by atoms with E-state index in [0.717, 1.165) is 68.2 Å². The second-order valence-electron chi connectivity index (χ2n) is 16.8. The number of hydrogen-bond acceptors (Lipinski definition) is 3. The topological polar surface area (TPSA) is 114 Å². The number of benzene rings is 1. The maximum atomic E-state index is 13.1. The highest BCUT2D eigenvalue weighted by atomic mass is 35.5. The normalized spacial score (nSPS) is 43.1. The van der Waals surface area contributed by atoms with Crippen LogP contribution in [-0.4, -0.2) is 22.7 Å². The number of rotatable bonds is 3. The van der Waals surface area contributed by atoms with E-state index in [1.807, 2.05) is 18.2 Å². The smallest absolute Gasteiger partial charge is 0.310 e. The third-order valence-corrected chi connectivity index (χ3v) is 15.3. The quantitative estimate of drug-likeness (QED) is 0.129. The third kappa shape index (κ3) is 4.59. The molecule has 0 bridgehead atoms. The molecule has 6 rings (SSSR count). The molecule has 9 atom stereocenters. The first-order valence-corrected chi connectivity index (χ1v) is 18.0. The summed E-state index contributed by atoms with van der Waals surface area (Å²) in [6.45, 7) is 16.8. The van der Waals surface area contributed by atoms with E-state index in [1.54, 1.807) is 0 Å². The molecular weight excluding hydrogens is 615 g/mol. The molecule has 5 aliphatic rings. The van der Waals surface area contributed by atoms with Crippen LogP contribution in [0.3, 0.4) is 0 Å². The third-order valence-electron chi connectivity index (χ3n) is 14.6. The molecule has 5 aliphatic carbocycles. The molecule has 6 nitrogen and oxygen atoms in total. The Balaban J connectivity index is 1.50. The molecule has 250 valence electrons. The molecule has 4 saturated carbocycles. The Morgan fingerprint density at radius 2 is 1.65 bits per heavy atom. The van der Waals surface area contributed by atoms with Gasteiger partial charge in [-0.05, 0) is 121 Å². The van der Waals surface area contributed by atoms with E-state index in [-0.39, 0.29) is 33.5 Å². The standard InChI is InChI=1S/C38H52Cl2N4O2/c1-21-13-16-38(32(45)46)18-17-36(6)25(30(38)22(21)2)11-12-29-35(5)20-23(19-24-26(39)9-8-10-27(24)40)31(43-44-33(41)42)34(3,4)28(35)14-15-37(29,36)7/h8-11,19,21-22,28-30H,12-18,20H2,1-7H3,(H,45,46)(H4,41,42,44)/b23-19+,43-31+/t21-,22+,28+,29-,30+,35+,36-,37-,38+/m1/s1. The molecule has 0 aromatic heterocycles. The number of carboxylic acids is 1. The highest BCUT2D eigenvalue weighted by molar-refractivity contribution is 6.37. The first-order chi connectivity index (χ1) is 21.4. The minimum absolute atomic E-state index is 0.0190. The van der Waals surface area contributed by atoms with Crippen molar-refractivity contribution < 1.29 is 9.90 Å². The summed E-state index contributed by atoms with van der Waals surface area (Å²) in [6, 6.07) is 5.59. The number of allylic oxidation sites excluding steroid dienone is 3. The first-order valence-electron chi connectivity index (χ1n) is 17.2. The maximum absolute atomic E-state index is 13.1. The van der Waals surface area contributed by atoms with Gasteiger partial charge in [0.15, 0.2) is 0 Å². The van der Waals surface area contributed by atoms with Crippen molar-refractivity contribution >= 4 is 46.9 Å². The summed E-state index contributed by atoms with van der Waals surface area (Å²) in [6.07, 6.45) is 12.0. The summed E-state index contributed by atoms with van der Waals surface area (Å²) in [5.74, 6) is 1.05. The summed E-state index contributed by atoms with van der Waals surface area (Å²) >= 11 is 13.4. The number of carbonyl (C=O) groups is 1. The summed E-state index contributed by atoms with van der Waals surface area (Å²) in [5, 5.41) is 20.8. The molecule has 0 heterocycles. The minimum Gasteiger partial charge on any atom is -0.481 e. The van der Waals surface area contributed by atoms with Crippen LogP contribution in [0.2, 0.25) is 10.0 Å². The molecule has 0 aliphatic heterocycles. The lowest BCUT2D eigenvalue weighted by atomic mass is 9.33. The van der Waals surface area contributed by atoms with Crippen molar-refractivity contribution in [2.45, 2.75) is 99.8 Å². The molecule has 1 aromatic carbocycles. The van der Waals surface area contributed by atoms with Crippen LogP contribution >= 0.6 is 23.2 Å². The van der Waals surface area contributed by atoms with Gasteiger partial charge in [-0.3, -0.25) is 4.79 Å². The molecule has 5 N–H and O–H groups in total. The largest absolute Gasteiger partial charge is 0.481 e. The average Bonchev–Trinajstić information content (AvgIpc) is 2.96. The fraction of sp³-hybridized carbons (Fsp3) is 0.658. The summed E-state index contributed by atoms with van der Waals surface area (Å²) in [7, 11) is 0. The fourth-order valence-corrected chi connectivity index (χ4v) is 12.5. The monoisotopic (exact) mass is 666 g/mol. The number of hydrogen-bond donors (Lipinski definition) is 3. The van der Waals surface area contributed by atoms with Gasteiger partial charge >= 0.3 is 5.97 Å². The molecule has 8 heteroatoms. The Kier molecular flexibility index (Phi) is 8.12. The van der Waals surface area contributed by atoms with Crippen molar-refractivity contribution in [3.05, 3.63) is 51.0 Å². The van der Waals surface area contributed by atoms with Crippen LogP contribution in [0.4, 0.5) is 0 Å². The minimum atomic E-state index is -0.644. The van der Waals surface area contributed by atoms with Gasteiger partial charge in [0, 0.05) is 21.0 Å². The van der Waals surface area contributed by atoms with E-state index in [4.69, 9.17) is 39.8 Å². The summed E-state index contributed by atoms with van der Waals surface area (Å²) < 4.78 is 0. The van der Waals surface area contributed by atoms with Gasteiger partial charge in [0.05, 0.1) is 11.1 Å². The Morgan fingerprint density at radius 3 is 2.28 bits per heavy atom. The molecule has 4 fully saturated rings. The first kappa shape index (κ1) is 33.6. The zero-order chi connectivity index (χ0) is 33.6. The van der Waals surface area contributed by atoms with Crippen molar-refractivity contribution in [2.24, 2.45) is 78.3 Å². The molecule has 0 unspecified atom stereocenters. The van der Waals surface area contributed by atoms with Crippen LogP contribution in [0, 0.1) is 56.7 Å². The lowest BCUT2D eigenvalue weighted by Gasteiger charge is -2.71. The summed E-state index contributed by atoms with van der Waals surface area (Å²) in [5.41, 5.74) is 14.7. The highest BCUT2D eigenvalue weighted by Crippen LogP contribution is 2.76.